The number of aryl methyl sites for hydroxylation is 2. The first-order valence-corrected chi connectivity index (χ1v) is 7.03. The van der Waals surface area contributed by atoms with Crippen molar-refractivity contribution in [2.45, 2.75) is 32.7 Å². The van der Waals surface area contributed by atoms with Crippen molar-refractivity contribution in [3.63, 3.8) is 0 Å². The summed E-state index contributed by atoms with van der Waals surface area (Å²) in [4.78, 5) is 0. The van der Waals surface area contributed by atoms with E-state index in [1.807, 2.05) is 7.05 Å². The van der Waals surface area contributed by atoms with Crippen molar-refractivity contribution in [3.05, 3.63) is 33.8 Å². The molecule has 0 spiro atoms. The average Bonchev–Trinajstić information content (AvgIpc) is 2.38. The molecule has 2 rings (SSSR count). The largest absolute Gasteiger partial charge is 0.381 e. The zero-order chi connectivity index (χ0) is 13.1. The second-order valence-corrected chi connectivity index (χ2v) is 5.58. The van der Waals surface area contributed by atoms with E-state index in [2.05, 4.69) is 31.3 Å². The van der Waals surface area contributed by atoms with Crippen molar-refractivity contribution in [1.29, 1.82) is 0 Å². The van der Waals surface area contributed by atoms with Crippen LogP contribution in [0.1, 0.15) is 35.6 Å². The third-order valence-electron chi connectivity index (χ3n) is 3.93. The monoisotopic (exact) mass is 267 g/mol. The van der Waals surface area contributed by atoms with Gasteiger partial charge in [0, 0.05) is 24.3 Å². The summed E-state index contributed by atoms with van der Waals surface area (Å²) in [6.45, 7) is 5.98. The molecule has 0 amide bonds. The van der Waals surface area contributed by atoms with Crippen molar-refractivity contribution in [1.82, 2.24) is 5.32 Å². The van der Waals surface area contributed by atoms with Crippen molar-refractivity contribution >= 4 is 11.6 Å². The van der Waals surface area contributed by atoms with Gasteiger partial charge in [-0.25, -0.2) is 0 Å². The van der Waals surface area contributed by atoms with E-state index in [0.29, 0.717) is 12.0 Å². The van der Waals surface area contributed by atoms with Crippen LogP contribution in [0.3, 0.4) is 0 Å². The Kier molecular flexibility index (Phi) is 4.66. The predicted molar refractivity (Wildman–Crippen MR) is 76.3 cm³/mol. The lowest BCUT2D eigenvalue weighted by Gasteiger charge is -2.31. The average molecular weight is 268 g/mol. The van der Waals surface area contributed by atoms with Gasteiger partial charge < -0.3 is 10.1 Å². The highest BCUT2D eigenvalue weighted by molar-refractivity contribution is 6.31. The summed E-state index contributed by atoms with van der Waals surface area (Å²) in [7, 11) is 2.05. The van der Waals surface area contributed by atoms with E-state index in [9.17, 15) is 0 Å². The van der Waals surface area contributed by atoms with Crippen LogP contribution in [0.25, 0.3) is 0 Å². The van der Waals surface area contributed by atoms with Crippen molar-refractivity contribution in [2.24, 2.45) is 5.92 Å². The number of halogens is 1. The highest BCUT2D eigenvalue weighted by Gasteiger charge is 2.25. The lowest BCUT2D eigenvalue weighted by molar-refractivity contribution is 0.0545. The highest BCUT2D eigenvalue weighted by Crippen LogP contribution is 2.33. The molecule has 0 radical (unpaired) electrons. The Morgan fingerprint density at radius 2 is 1.89 bits per heavy atom. The number of benzene rings is 1. The fourth-order valence-electron chi connectivity index (χ4n) is 2.83. The van der Waals surface area contributed by atoms with Crippen LogP contribution in [0.5, 0.6) is 0 Å². The molecule has 100 valence electrons. The van der Waals surface area contributed by atoms with Crippen LogP contribution in [0.4, 0.5) is 0 Å². The van der Waals surface area contributed by atoms with Crippen LogP contribution in [0, 0.1) is 19.8 Å². The standard InChI is InChI=1S/C15H22ClNO/c1-10-9-14(16)11(2)8-13(10)15(17-3)12-4-6-18-7-5-12/h8-9,12,15,17H,4-7H2,1-3H3. The van der Waals surface area contributed by atoms with E-state index in [1.165, 1.54) is 11.1 Å². The van der Waals surface area contributed by atoms with Gasteiger partial charge in [0.15, 0.2) is 0 Å². The zero-order valence-corrected chi connectivity index (χ0v) is 12.2. The second kappa shape index (κ2) is 6.05. The third-order valence-corrected chi connectivity index (χ3v) is 4.34. The van der Waals surface area contributed by atoms with Crippen LogP contribution < -0.4 is 5.32 Å². The molecule has 1 heterocycles. The van der Waals surface area contributed by atoms with Crippen molar-refractivity contribution in [2.75, 3.05) is 20.3 Å². The van der Waals surface area contributed by atoms with Gasteiger partial charge in [-0.05, 0) is 62.4 Å². The summed E-state index contributed by atoms with van der Waals surface area (Å²) in [5.74, 6) is 0.656. The molecule has 0 saturated carbocycles. The van der Waals surface area contributed by atoms with Gasteiger partial charge in [0.2, 0.25) is 0 Å². The molecule has 1 atom stereocenters. The fraction of sp³-hybridized carbons (Fsp3) is 0.600. The lowest BCUT2D eigenvalue weighted by atomic mass is 9.85. The summed E-state index contributed by atoms with van der Waals surface area (Å²) in [6, 6.07) is 4.72. The molecule has 2 nitrogen and oxygen atoms in total. The SMILES string of the molecule is CNC(c1cc(C)c(Cl)cc1C)C1CCOCC1. The van der Waals surface area contributed by atoms with Crippen LogP contribution in [-0.4, -0.2) is 20.3 Å². The summed E-state index contributed by atoms with van der Waals surface area (Å²) in [5.41, 5.74) is 3.81. The topological polar surface area (TPSA) is 21.3 Å². The van der Waals surface area contributed by atoms with Gasteiger partial charge in [-0.2, -0.15) is 0 Å². The van der Waals surface area contributed by atoms with E-state index in [0.717, 1.165) is 36.6 Å². The molecular weight excluding hydrogens is 246 g/mol. The number of hydrogen-bond acceptors (Lipinski definition) is 2. The molecule has 0 aliphatic carbocycles. The first-order valence-electron chi connectivity index (χ1n) is 6.65. The Bertz CT molecular complexity index is 413. The first-order chi connectivity index (χ1) is 8.63. The minimum Gasteiger partial charge on any atom is -0.381 e. The number of nitrogens with one attached hydrogen (secondary N) is 1. The molecule has 1 aromatic carbocycles. The fourth-order valence-corrected chi connectivity index (χ4v) is 3.05. The molecule has 1 aromatic rings. The van der Waals surface area contributed by atoms with Gasteiger partial charge >= 0.3 is 0 Å². The molecule has 3 heteroatoms. The zero-order valence-electron chi connectivity index (χ0n) is 11.4. The number of hydrogen-bond donors (Lipinski definition) is 1. The summed E-state index contributed by atoms with van der Waals surface area (Å²) in [5, 5.41) is 4.34. The van der Waals surface area contributed by atoms with Crippen LogP contribution in [0.2, 0.25) is 5.02 Å². The molecule has 1 N–H and O–H groups in total. The van der Waals surface area contributed by atoms with Gasteiger partial charge in [0.1, 0.15) is 0 Å². The lowest BCUT2D eigenvalue weighted by Crippen LogP contribution is -2.30. The van der Waals surface area contributed by atoms with E-state index >= 15 is 0 Å². The van der Waals surface area contributed by atoms with Gasteiger partial charge in [-0.15, -0.1) is 0 Å². The normalized spacial score (nSPS) is 18.9. The number of rotatable bonds is 3. The van der Waals surface area contributed by atoms with Crippen molar-refractivity contribution in [3.8, 4) is 0 Å². The van der Waals surface area contributed by atoms with Crippen LogP contribution >= 0.6 is 11.6 Å². The minimum atomic E-state index is 0.407. The molecule has 0 aromatic heterocycles. The quantitative estimate of drug-likeness (QED) is 0.903. The Balaban J connectivity index is 2.28. The Hall–Kier alpha value is -0.570. The van der Waals surface area contributed by atoms with Gasteiger partial charge in [-0.3, -0.25) is 0 Å². The highest BCUT2D eigenvalue weighted by atomic mass is 35.5. The Labute approximate surface area is 115 Å². The maximum Gasteiger partial charge on any atom is 0.0469 e. The van der Waals surface area contributed by atoms with E-state index in [-0.39, 0.29) is 0 Å². The van der Waals surface area contributed by atoms with E-state index in [1.54, 1.807) is 0 Å². The summed E-state index contributed by atoms with van der Waals surface area (Å²) in [6.07, 6.45) is 2.26. The van der Waals surface area contributed by atoms with Gasteiger partial charge in [0.05, 0.1) is 0 Å². The maximum atomic E-state index is 6.18. The van der Waals surface area contributed by atoms with Crippen LogP contribution in [0.15, 0.2) is 12.1 Å². The van der Waals surface area contributed by atoms with E-state index < -0.39 is 0 Å². The maximum absolute atomic E-state index is 6.18. The van der Waals surface area contributed by atoms with Gasteiger partial charge in [0.25, 0.3) is 0 Å². The molecule has 1 aliphatic rings. The molecular formula is C15H22ClNO. The molecule has 18 heavy (non-hydrogen) atoms. The third kappa shape index (κ3) is 2.87. The molecule has 1 aliphatic heterocycles. The molecule has 1 unspecified atom stereocenters. The smallest absolute Gasteiger partial charge is 0.0469 e. The minimum absolute atomic E-state index is 0.407. The van der Waals surface area contributed by atoms with Crippen LogP contribution in [-0.2, 0) is 4.74 Å². The number of ether oxygens (including phenoxy) is 1. The Morgan fingerprint density at radius 3 is 2.50 bits per heavy atom. The Morgan fingerprint density at radius 1 is 1.22 bits per heavy atom. The van der Waals surface area contributed by atoms with Gasteiger partial charge in [-0.1, -0.05) is 17.7 Å². The molecule has 1 fully saturated rings. The second-order valence-electron chi connectivity index (χ2n) is 5.17. The summed E-state index contributed by atoms with van der Waals surface area (Å²) < 4.78 is 5.45. The summed E-state index contributed by atoms with van der Waals surface area (Å²) >= 11 is 6.18. The van der Waals surface area contributed by atoms with E-state index in [4.69, 9.17) is 16.3 Å². The predicted octanol–water partition coefficient (Wildman–Crippen LogP) is 3.64. The molecule has 0 bridgehead atoms. The van der Waals surface area contributed by atoms with Crippen molar-refractivity contribution < 1.29 is 4.74 Å². The molecule has 1 saturated heterocycles. The first kappa shape index (κ1) is 13.9.